The van der Waals surface area contributed by atoms with Crippen LogP contribution in [0, 0.1) is 11.8 Å². The van der Waals surface area contributed by atoms with Gasteiger partial charge >= 0.3 is 0 Å². The molecule has 0 aromatic heterocycles. The Morgan fingerprint density at radius 2 is 1.86 bits per heavy atom. The van der Waals surface area contributed by atoms with Crippen molar-refractivity contribution >= 4 is 0 Å². The Kier molecular flexibility index (Phi) is 3.64. The van der Waals surface area contributed by atoms with Crippen LogP contribution in [-0.4, -0.2) is 25.9 Å². The van der Waals surface area contributed by atoms with E-state index in [-0.39, 0.29) is 0 Å². The first-order valence-corrected chi connectivity index (χ1v) is 8.37. The maximum Gasteiger partial charge on any atom is 0.118 e. The van der Waals surface area contributed by atoms with E-state index in [1.165, 1.54) is 37.7 Å². The monoisotopic (exact) mass is 287 g/mol. The topological polar surface area (TPSA) is 30.5 Å². The molecule has 3 heteroatoms. The number of rotatable bonds is 6. The molecule has 3 nitrogen and oxygen atoms in total. The fraction of sp³-hybridized carbons (Fsp3) is 0.667. The van der Waals surface area contributed by atoms with Crippen LogP contribution < -0.4 is 10.1 Å². The lowest BCUT2D eigenvalue weighted by molar-refractivity contribution is 0.0782. The van der Waals surface area contributed by atoms with Crippen LogP contribution >= 0.6 is 0 Å². The highest BCUT2D eigenvalue weighted by atomic mass is 16.5. The SMILES string of the molecule is COc1ccc(C(NC2CCOC2C2CC2)C2CC2)cc1. The molecule has 1 N–H and O–H groups in total. The Balaban J connectivity index is 1.48. The van der Waals surface area contributed by atoms with Crippen molar-refractivity contribution in [2.24, 2.45) is 11.8 Å². The van der Waals surface area contributed by atoms with Gasteiger partial charge < -0.3 is 14.8 Å². The number of hydrogen-bond donors (Lipinski definition) is 1. The fourth-order valence-corrected chi connectivity index (χ4v) is 3.65. The highest BCUT2D eigenvalue weighted by Crippen LogP contribution is 2.44. The molecule has 1 heterocycles. The molecule has 0 spiro atoms. The van der Waals surface area contributed by atoms with Crippen molar-refractivity contribution in [3.8, 4) is 5.75 Å². The Bertz CT molecular complexity index is 478. The maximum atomic E-state index is 5.98. The third-order valence-corrected chi connectivity index (χ3v) is 5.18. The fourth-order valence-electron chi connectivity index (χ4n) is 3.65. The van der Waals surface area contributed by atoms with Crippen LogP contribution in [0.25, 0.3) is 0 Å². The predicted molar refractivity (Wildman–Crippen MR) is 82.5 cm³/mol. The zero-order chi connectivity index (χ0) is 14.2. The molecule has 3 unspecified atom stereocenters. The molecule has 1 aromatic carbocycles. The van der Waals surface area contributed by atoms with Crippen molar-refractivity contribution in [2.45, 2.75) is 50.3 Å². The second kappa shape index (κ2) is 5.62. The molecule has 1 aromatic rings. The molecule has 2 aliphatic carbocycles. The van der Waals surface area contributed by atoms with Crippen molar-refractivity contribution < 1.29 is 9.47 Å². The van der Waals surface area contributed by atoms with Crippen molar-refractivity contribution in [2.75, 3.05) is 13.7 Å². The minimum atomic E-state index is 0.462. The van der Waals surface area contributed by atoms with Gasteiger partial charge in [0.25, 0.3) is 0 Å². The van der Waals surface area contributed by atoms with E-state index in [0.29, 0.717) is 18.2 Å². The average molecular weight is 287 g/mol. The molecular formula is C18H25NO2. The summed E-state index contributed by atoms with van der Waals surface area (Å²) in [6.07, 6.45) is 7.06. The van der Waals surface area contributed by atoms with Crippen molar-refractivity contribution in [3.05, 3.63) is 29.8 Å². The van der Waals surface area contributed by atoms with E-state index < -0.39 is 0 Å². The van der Waals surface area contributed by atoms with Gasteiger partial charge in [-0.15, -0.1) is 0 Å². The molecule has 4 rings (SSSR count). The minimum Gasteiger partial charge on any atom is -0.497 e. The largest absolute Gasteiger partial charge is 0.497 e. The zero-order valence-electron chi connectivity index (χ0n) is 12.8. The van der Waals surface area contributed by atoms with Crippen LogP contribution in [0.2, 0.25) is 0 Å². The van der Waals surface area contributed by atoms with Gasteiger partial charge in [-0.3, -0.25) is 0 Å². The summed E-state index contributed by atoms with van der Waals surface area (Å²) in [4.78, 5) is 0. The first-order valence-electron chi connectivity index (χ1n) is 8.37. The van der Waals surface area contributed by atoms with Crippen molar-refractivity contribution in [1.29, 1.82) is 0 Å². The minimum absolute atomic E-state index is 0.462. The summed E-state index contributed by atoms with van der Waals surface area (Å²) in [5.74, 6) is 2.56. The van der Waals surface area contributed by atoms with Gasteiger partial charge in [-0.2, -0.15) is 0 Å². The summed E-state index contributed by atoms with van der Waals surface area (Å²) in [6, 6.07) is 9.63. The van der Waals surface area contributed by atoms with Crippen molar-refractivity contribution in [1.82, 2.24) is 5.32 Å². The molecule has 2 saturated carbocycles. The van der Waals surface area contributed by atoms with Crippen LogP contribution in [0.15, 0.2) is 24.3 Å². The normalized spacial score (nSPS) is 30.3. The van der Waals surface area contributed by atoms with Crippen molar-refractivity contribution in [3.63, 3.8) is 0 Å². The second-order valence-corrected chi connectivity index (χ2v) is 6.82. The number of methoxy groups -OCH3 is 1. The van der Waals surface area contributed by atoms with Gasteiger partial charge in [-0.1, -0.05) is 12.1 Å². The Morgan fingerprint density at radius 3 is 2.48 bits per heavy atom. The molecule has 3 aliphatic rings. The summed E-state index contributed by atoms with van der Waals surface area (Å²) in [6.45, 7) is 0.929. The lowest BCUT2D eigenvalue weighted by Gasteiger charge is -2.27. The Hall–Kier alpha value is -1.06. The predicted octanol–water partition coefficient (Wildman–Crippen LogP) is 3.30. The second-order valence-electron chi connectivity index (χ2n) is 6.82. The summed E-state index contributed by atoms with van der Waals surface area (Å²) >= 11 is 0. The van der Waals surface area contributed by atoms with Gasteiger partial charge in [0.15, 0.2) is 0 Å². The van der Waals surface area contributed by atoms with Gasteiger partial charge in [0, 0.05) is 18.7 Å². The van der Waals surface area contributed by atoms with E-state index in [0.717, 1.165) is 24.2 Å². The smallest absolute Gasteiger partial charge is 0.118 e. The Labute approximate surface area is 127 Å². The van der Waals surface area contributed by atoms with Gasteiger partial charge in [-0.05, 0) is 61.6 Å². The Morgan fingerprint density at radius 1 is 1.10 bits per heavy atom. The van der Waals surface area contributed by atoms with Crippen LogP contribution in [0.5, 0.6) is 5.75 Å². The molecule has 0 radical (unpaired) electrons. The van der Waals surface area contributed by atoms with Crippen LogP contribution in [0.3, 0.4) is 0 Å². The molecule has 1 saturated heterocycles. The van der Waals surface area contributed by atoms with Crippen LogP contribution in [-0.2, 0) is 4.74 Å². The zero-order valence-corrected chi connectivity index (χ0v) is 12.8. The molecule has 3 atom stereocenters. The van der Waals surface area contributed by atoms with E-state index in [9.17, 15) is 0 Å². The standard InChI is InChI=1S/C18H25NO2/c1-20-15-8-6-13(7-9-15)17(12-2-3-12)19-16-10-11-21-18(16)14-4-5-14/h6-9,12,14,16-19H,2-5,10-11H2,1H3. The number of benzene rings is 1. The van der Waals surface area contributed by atoms with Gasteiger partial charge in [0.2, 0.25) is 0 Å². The van der Waals surface area contributed by atoms with Gasteiger partial charge in [-0.25, -0.2) is 0 Å². The summed E-state index contributed by atoms with van der Waals surface area (Å²) in [5.41, 5.74) is 1.40. The summed E-state index contributed by atoms with van der Waals surface area (Å²) < 4.78 is 11.3. The molecule has 0 amide bonds. The third-order valence-electron chi connectivity index (χ3n) is 5.18. The maximum absolute atomic E-state index is 5.98. The van der Waals surface area contributed by atoms with Gasteiger partial charge in [0.1, 0.15) is 5.75 Å². The third kappa shape index (κ3) is 2.95. The molecule has 21 heavy (non-hydrogen) atoms. The highest BCUT2D eigenvalue weighted by molar-refractivity contribution is 5.30. The lowest BCUT2D eigenvalue weighted by atomic mass is 9.98. The molecule has 3 fully saturated rings. The first kappa shape index (κ1) is 13.6. The highest BCUT2D eigenvalue weighted by Gasteiger charge is 2.43. The molecular weight excluding hydrogens is 262 g/mol. The first-order chi connectivity index (χ1) is 10.3. The van der Waals surface area contributed by atoms with E-state index >= 15 is 0 Å². The van der Waals surface area contributed by atoms with Crippen LogP contribution in [0.1, 0.15) is 43.7 Å². The van der Waals surface area contributed by atoms with E-state index in [4.69, 9.17) is 9.47 Å². The molecule has 0 bridgehead atoms. The number of hydrogen-bond acceptors (Lipinski definition) is 3. The molecule has 1 aliphatic heterocycles. The summed E-state index contributed by atoms with van der Waals surface area (Å²) in [7, 11) is 1.72. The molecule has 114 valence electrons. The quantitative estimate of drug-likeness (QED) is 0.871. The van der Waals surface area contributed by atoms with E-state index in [1.807, 2.05) is 0 Å². The van der Waals surface area contributed by atoms with E-state index in [1.54, 1.807) is 7.11 Å². The summed E-state index contributed by atoms with van der Waals surface area (Å²) in [5, 5.41) is 3.94. The number of nitrogens with one attached hydrogen (secondary N) is 1. The lowest BCUT2D eigenvalue weighted by Crippen LogP contribution is -2.40. The van der Waals surface area contributed by atoms with Crippen LogP contribution in [0.4, 0.5) is 0 Å². The van der Waals surface area contributed by atoms with Gasteiger partial charge in [0.05, 0.1) is 13.2 Å². The average Bonchev–Trinajstić information content (AvgIpc) is 3.45. The number of ether oxygens (including phenoxy) is 2. The van der Waals surface area contributed by atoms with E-state index in [2.05, 4.69) is 29.6 Å².